The van der Waals surface area contributed by atoms with Gasteiger partial charge in [0, 0.05) is 74.4 Å². The Bertz CT molecular complexity index is 2950. The maximum Gasteiger partial charge on any atom is 0.245 e. The first-order valence-corrected chi connectivity index (χ1v) is 30.7. The number of aromatic amines is 1. The molecule has 0 saturated carbocycles. The number of para-hydroxylation sites is 1. The third-order valence-corrected chi connectivity index (χ3v) is 14.6. The molecule has 1 heterocycles. The number of nitrogens with two attached hydrogens (primary N) is 2. The summed E-state index contributed by atoms with van der Waals surface area (Å²) in [6.07, 6.45) is 2.00. The van der Waals surface area contributed by atoms with E-state index in [1.165, 1.54) is 13.8 Å². The molecule has 0 aliphatic rings. The number of nitrogens with one attached hydrogen (secondary N) is 12. The maximum absolute atomic E-state index is 14.8. The van der Waals surface area contributed by atoms with Crippen molar-refractivity contribution in [1.29, 1.82) is 0 Å². The molecule has 0 radical (unpaired) electrons. The Kier molecular flexibility index (Phi) is 31.9. The fourth-order valence-electron chi connectivity index (χ4n) is 9.23. The summed E-state index contributed by atoms with van der Waals surface area (Å²) in [5.41, 5.74) is 14.1. The molecule has 480 valence electrons. The number of thiol groups is 2. The van der Waals surface area contributed by atoms with Gasteiger partial charge in [-0.25, -0.2) is 0 Å². The van der Waals surface area contributed by atoms with Crippen molar-refractivity contribution >= 4 is 101 Å². The summed E-state index contributed by atoms with van der Waals surface area (Å²) in [4.78, 5) is 144. The van der Waals surface area contributed by atoms with E-state index in [0.717, 1.165) is 10.9 Å². The van der Waals surface area contributed by atoms with Crippen LogP contribution in [-0.4, -0.2) is 174 Å². The molecule has 0 bridgehead atoms. The van der Waals surface area contributed by atoms with Crippen LogP contribution in [0.5, 0.6) is 0 Å². The lowest BCUT2D eigenvalue weighted by atomic mass is 10.0. The van der Waals surface area contributed by atoms with Crippen molar-refractivity contribution in [2.75, 3.05) is 44.2 Å². The molecular weight excluding hydrogens is 1170 g/mol. The van der Waals surface area contributed by atoms with Gasteiger partial charge in [-0.15, -0.1) is 0 Å². The Morgan fingerprint density at radius 3 is 1.57 bits per heavy atom. The Morgan fingerprint density at radius 1 is 0.545 bits per heavy atom. The Hall–Kier alpha value is -8.21. The van der Waals surface area contributed by atoms with E-state index in [-0.39, 0.29) is 50.2 Å². The zero-order chi connectivity index (χ0) is 64.5. The van der Waals surface area contributed by atoms with Crippen LogP contribution < -0.4 is 70.0 Å². The van der Waals surface area contributed by atoms with Gasteiger partial charge in [0.25, 0.3) is 0 Å². The highest BCUT2D eigenvalue weighted by molar-refractivity contribution is 7.80. The van der Waals surface area contributed by atoms with Gasteiger partial charge in [0.2, 0.25) is 59.1 Å². The molecule has 10 amide bonds. The minimum Gasteiger partial charge on any atom is -0.391 e. The molecule has 0 fully saturated rings. The summed E-state index contributed by atoms with van der Waals surface area (Å²) in [6.45, 7) is 7.89. The summed E-state index contributed by atoms with van der Waals surface area (Å²) >= 11 is 8.56. The van der Waals surface area contributed by atoms with Crippen molar-refractivity contribution in [3.63, 3.8) is 0 Å². The second-order valence-electron chi connectivity index (χ2n) is 20.9. The zero-order valence-electron chi connectivity index (χ0n) is 50.2. The fraction of sp³-hybridized carbons (Fsp3) is 0.483. The van der Waals surface area contributed by atoms with Gasteiger partial charge in [-0.1, -0.05) is 78.9 Å². The quantitative estimate of drug-likeness (QED) is 0.0109. The summed E-state index contributed by atoms with van der Waals surface area (Å²) in [5, 5.41) is 41.3. The first-order valence-electron chi connectivity index (χ1n) is 29.4. The molecule has 3 aromatic carbocycles. The number of hydrogen-bond acceptors (Lipinski definition) is 15. The van der Waals surface area contributed by atoms with Crippen molar-refractivity contribution in [3.8, 4) is 0 Å². The lowest BCUT2D eigenvalue weighted by molar-refractivity contribution is -0.136. The molecule has 0 spiro atoms. The average Bonchev–Trinajstić information content (AvgIpc) is 3.40. The molecule has 0 saturated heterocycles. The molecule has 9 atom stereocenters. The van der Waals surface area contributed by atoms with E-state index in [4.69, 9.17) is 11.5 Å². The average molecular weight is 1260 g/mol. The van der Waals surface area contributed by atoms with E-state index in [0.29, 0.717) is 68.0 Å². The zero-order valence-corrected chi connectivity index (χ0v) is 52.0. The number of aliphatic hydroxyl groups excluding tert-OH is 1. The van der Waals surface area contributed by atoms with E-state index in [1.807, 2.05) is 32.0 Å². The first-order chi connectivity index (χ1) is 42.2. The minimum atomic E-state index is -1.69. The number of benzene rings is 3. The van der Waals surface area contributed by atoms with Crippen LogP contribution >= 0.6 is 25.3 Å². The van der Waals surface area contributed by atoms with Crippen molar-refractivity contribution < 1.29 is 53.1 Å². The Morgan fingerprint density at radius 2 is 1.02 bits per heavy atom. The van der Waals surface area contributed by atoms with Crippen molar-refractivity contribution in [2.45, 2.75) is 140 Å². The molecule has 4 aromatic rings. The predicted molar refractivity (Wildman–Crippen MR) is 341 cm³/mol. The van der Waals surface area contributed by atoms with Crippen LogP contribution in [0.1, 0.15) is 82.9 Å². The van der Waals surface area contributed by atoms with E-state index in [2.05, 4.69) is 93.7 Å². The van der Waals surface area contributed by atoms with E-state index in [1.54, 1.807) is 72.9 Å². The van der Waals surface area contributed by atoms with Gasteiger partial charge >= 0.3 is 0 Å². The van der Waals surface area contributed by atoms with Gasteiger partial charge in [0.15, 0.2) is 5.96 Å². The third kappa shape index (κ3) is 24.9. The molecule has 28 heteroatoms. The first kappa shape index (κ1) is 72.3. The number of nitrogens with zero attached hydrogens (tertiary/aromatic N) is 1. The number of carbonyl (C=O) groups is 10. The number of aliphatic imine (C=N–C) groups is 1. The number of amides is 10. The van der Waals surface area contributed by atoms with Gasteiger partial charge < -0.3 is 80.0 Å². The van der Waals surface area contributed by atoms with E-state index < -0.39 is 120 Å². The summed E-state index contributed by atoms with van der Waals surface area (Å²) in [6, 6.07) is 13.9. The smallest absolute Gasteiger partial charge is 0.245 e. The molecular formula is C60H87N15O11S2. The van der Waals surface area contributed by atoms with Crippen molar-refractivity contribution in [1.82, 2.24) is 63.5 Å². The molecule has 0 aliphatic heterocycles. The monoisotopic (exact) mass is 1260 g/mol. The highest BCUT2D eigenvalue weighted by atomic mass is 32.1. The number of guanidine groups is 1. The maximum atomic E-state index is 14.8. The van der Waals surface area contributed by atoms with Gasteiger partial charge in [-0.05, 0) is 88.6 Å². The van der Waals surface area contributed by atoms with Gasteiger partial charge in [-0.3, -0.25) is 52.9 Å². The SMILES string of the molecule is CCNC(=NCCCC[C@@H](NC(C)=O)C(=O)NCC(=O)N[C@@H](CS)C(=O)N[C@@H](Cc1ccccc1)C(=O)N[C@H](Cc1c[nH]c2ccccc12)C(=O)N[C@@H](CCCCN)C(=O)N[C@H](C(=O)N[C@@H](CS)C(=O)N[C@@H](Cc1ccccc1)C(N)=O)[C@@H](C)O)NCC. The van der Waals surface area contributed by atoms with Crippen molar-refractivity contribution in [3.05, 3.63) is 108 Å². The van der Waals surface area contributed by atoms with E-state index >= 15 is 0 Å². The highest BCUT2D eigenvalue weighted by Crippen LogP contribution is 2.20. The minimum absolute atomic E-state index is 0.0249. The molecule has 88 heavy (non-hydrogen) atoms. The number of unbranched alkanes of at least 4 members (excludes halogenated alkanes) is 2. The highest BCUT2D eigenvalue weighted by Gasteiger charge is 2.36. The van der Waals surface area contributed by atoms with Gasteiger partial charge in [-0.2, -0.15) is 25.3 Å². The molecule has 4 rings (SSSR count). The molecule has 0 aliphatic carbocycles. The van der Waals surface area contributed by atoms with Crippen LogP contribution in [-0.2, 0) is 67.2 Å². The number of rotatable bonds is 38. The van der Waals surface area contributed by atoms with Gasteiger partial charge in [0.1, 0.15) is 48.3 Å². The van der Waals surface area contributed by atoms with E-state index in [9.17, 15) is 53.1 Å². The van der Waals surface area contributed by atoms with Gasteiger partial charge in [0.05, 0.1) is 12.6 Å². The van der Waals surface area contributed by atoms with Crippen LogP contribution in [0.15, 0.2) is 96.1 Å². The summed E-state index contributed by atoms with van der Waals surface area (Å²) < 4.78 is 0. The molecule has 0 unspecified atom stereocenters. The standard InChI is InChI=1S/C60H87N15O11S2/c1-5-63-60(64-6-2)65-28-18-16-26-43(68-37(4)77)53(80)67-33-50(78)69-48(34-87)57(84)72-46(30-39-21-11-8-12-22-39)55(82)73-47(31-40-32-66-42-24-14-13-23-41(40)42)56(83)70-44(25-15-17-27-61)54(81)75-51(36(3)76)59(86)74-49(35-88)58(85)71-45(52(62)79)29-38-19-9-7-10-20-38/h7-14,19-24,32,36,43-49,51,66,76,87-88H,5-6,15-18,25-31,33-35,61H2,1-4H3,(H2,62,79)(H,67,80)(H,68,77)(H,69,78)(H,70,83)(H,71,85)(H,72,84)(H,73,82)(H,74,86)(H,75,81)(H2,63,64,65)/t36-,43-,44+,45+,46+,47-,48+,49+,51+/m1/s1. The Balaban J connectivity index is 1.54. The third-order valence-electron chi connectivity index (χ3n) is 13.9. The lowest BCUT2D eigenvalue weighted by Gasteiger charge is -2.28. The number of aromatic nitrogens is 1. The second kappa shape index (κ2) is 38.8. The number of H-pyrrole nitrogens is 1. The van der Waals surface area contributed by atoms with Crippen LogP contribution in [0.2, 0.25) is 0 Å². The van der Waals surface area contributed by atoms with Crippen LogP contribution in [0.25, 0.3) is 10.9 Å². The Labute approximate surface area is 523 Å². The van der Waals surface area contributed by atoms with Crippen LogP contribution in [0.4, 0.5) is 0 Å². The summed E-state index contributed by atoms with van der Waals surface area (Å²) in [7, 11) is 0. The summed E-state index contributed by atoms with van der Waals surface area (Å²) in [5.74, 6) is -7.78. The normalized spacial score (nSPS) is 14.0. The number of carbonyl (C=O) groups excluding carboxylic acids is 10. The largest absolute Gasteiger partial charge is 0.391 e. The number of primary amides is 1. The molecule has 17 N–H and O–H groups in total. The number of fused-ring (bicyclic) bond motifs is 1. The predicted octanol–water partition coefficient (Wildman–Crippen LogP) is -1.19. The van der Waals surface area contributed by atoms with Crippen LogP contribution in [0, 0.1) is 0 Å². The van der Waals surface area contributed by atoms with Crippen LogP contribution in [0.3, 0.4) is 0 Å². The fourth-order valence-corrected chi connectivity index (χ4v) is 9.75. The molecule has 26 nitrogen and oxygen atoms in total. The second-order valence-corrected chi connectivity index (χ2v) is 21.6. The number of hydrogen-bond donors (Lipinski definition) is 17. The number of aliphatic hydroxyl groups is 1. The molecule has 1 aromatic heterocycles. The van der Waals surface area contributed by atoms with Crippen molar-refractivity contribution in [2.24, 2.45) is 16.5 Å². The lowest BCUT2D eigenvalue weighted by Crippen LogP contribution is -2.62. The topological polar surface area (TPSA) is 403 Å².